The first-order chi connectivity index (χ1) is 14.3. The van der Waals surface area contributed by atoms with Crippen LogP contribution >= 0.6 is 0 Å². The van der Waals surface area contributed by atoms with Crippen LogP contribution in [0, 0.1) is 24.6 Å². The number of nitrogens with zero attached hydrogens (tertiary/aromatic N) is 2. The van der Waals surface area contributed by atoms with E-state index in [4.69, 9.17) is 0 Å². The van der Waals surface area contributed by atoms with E-state index in [-0.39, 0.29) is 23.4 Å². The lowest BCUT2D eigenvalue weighted by atomic mass is 9.67. The first-order valence-electron chi connectivity index (χ1n) is 10.1. The third-order valence-corrected chi connectivity index (χ3v) is 5.76. The average molecular weight is 405 g/mol. The summed E-state index contributed by atoms with van der Waals surface area (Å²) in [7, 11) is 0. The van der Waals surface area contributed by atoms with Gasteiger partial charge in [0.2, 0.25) is 0 Å². The highest BCUT2D eigenvalue weighted by Crippen LogP contribution is 2.44. The first-order valence-corrected chi connectivity index (χ1v) is 10.1. The Hall–Kier alpha value is -3.15. The molecule has 1 fully saturated rings. The molecule has 0 saturated heterocycles. The monoisotopic (exact) mass is 405 g/mol. The van der Waals surface area contributed by atoms with Gasteiger partial charge in [-0.2, -0.15) is 0 Å². The molecular weight excluding hydrogens is 381 g/mol. The maximum atomic E-state index is 13.6. The zero-order valence-corrected chi connectivity index (χ0v) is 17.3. The topological polar surface area (TPSA) is 71.4 Å². The third-order valence-electron chi connectivity index (χ3n) is 5.76. The van der Waals surface area contributed by atoms with Gasteiger partial charge in [-0.1, -0.05) is 25.1 Å². The number of rotatable bonds is 3. The van der Waals surface area contributed by atoms with Crippen LogP contribution in [0.3, 0.4) is 0 Å². The summed E-state index contributed by atoms with van der Waals surface area (Å²) >= 11 is 0. The number of benzene rings is 1. The lowest BCUT2D eigenvalue weighted by Gasteiger charge is -2.37. The normalized spacial score (nSPS) is 23.7. The number of aliphatic imine (C=N–C) groups is 1. The van der Waals surface area contributed by atoms with E-state index in [1.54, 1.807) is 25.1 Å². The Morgan fingerprint density at radius 1 is 1.07 bits per heavy atom. The minimum atomic E-state index is -0.499. The van der Waals surface area contributed by atoms with E-state index in [1.807, 2.05) is 26.0 Å². The highest BCUT2D eigenvalue weighted by atomic mass is 19.1. The molecule has 0 unspecified atom stereocenters. The summed E-state index contributed by atoms with van der Waals surface area (Å²) in [5.41, 5.74) is 3.35. The van der Waals surface area contributed by atoms with Gasteiger partial charge in [-0.05, 0) is 56.0 Å². The van der Waals surface area contributed by atoms with E-state index >= 15 is 0 Å². The fourth-order valence-corrected chi connectivity index (χ4v) is 4.50. The third kappa shape index (κ3) is 3.82. The highest BCUT2D eigenvalue weighted by molar-refractivity contribution is 6.14. The Morgan fingerprint density at radius 2 is 1.80 bits per heavy atom. The molecule has 1 aliphatic carbocycles. The van der Waals surface area contributed by atoms with E-state index in [1.165, 1.54) is 12.1 Å². The number of pyridine rings is 1. The van der Waals surface area contributed by atoms with Gasteiger partial charge in [-0.3, -0.25) is 14.6 Å². The standard InChI is InChI=1S/C24H24FN3O2/c1-13-11-18-23(19(29)12-13)22(16-7-9-17(25)10-8-16)21(15(3)27-18)24(30)28-20-6-4-5-14(2)26-20/h4-10,13,22-23H,11-12H2,1-3H3,(H,26,28,30)/t13-,22+,23-/m1/s1. The number of ketones is 1. The van der Waals surface area contributed by atoms with Crippen molar-refractivity contribution in [1.29, 1.82) is 0 Å². The van der Waals surface area contributed by atoms with E-state index in [2.05, 4.69) is 15.3 Å². The van der Waals surface area contributed by atoms with Crippen molar-refractivity contribution < 1.29 is 14.0 Å². The SMILES string of the molecule is CC1=C(C(=O)Nc2cccc(C)n2)[C@H](c2ccc(F)cc2)[C@H]2C(=O)C[C@H](C)CC2=N1. The number of hydrogen-bond donors (Lipinski definition) is 1. The number of fused-ring (bicyclic) bond motifs is 1. The van der Waals surface area contributed by atoms with Gasteiger partial charge in [0.25, 0.3) is 5.91 Å². The maximum Gasteiger partial charge on any atom is 0.255 e. The van der Waals surface area contributed by atoms with Crippen LogP contribution < -0.4 is 5.32 Å². The lowest BCUT2D eigenvalue weighted by Crippen LogP contribution is -2.41. The van der Waals surface area contributed by atoms with E-state index in [9.17, 15) is 14.0 Å². The number of allylic oxidation sites excluding steroid dienone is 1. The molecule has 1 amide bonds. The van der Waals surface area contributed by atoms with Crippen LogP contribution in [0.2, 0.25) is 0 Å². The molecule has 2 heterocycles. The predicted octanol–water partition coefficient (Wildman–Crippen LogP) is 4.60. The van der Waals surface area contributed by atoms with Crippen molar-refractivity contribution in [3.8, 4) is 0 Å². The average Bonchev–Trinajstić information content (AvgIpc) is 2.67. The zero-order chi connectivity index (χ0) is 21.4. The number of carbonyl (C=O) groups excluding carboxylic acids is 2. The van der Waals surface area contributed by atoms with Crippen LogP contribution in [0.15, 0.2) is 58.7 Å². The second-order valence-corrected chi connectivity index (χ2v) is 8.21. The van der Waals surface area contributed by atoms with Gasteiger partial charge >= 0.3 is 0 Å². The second-order valence-electron chi connectivity index (χ2n) is 8.21. The van der Waals surface area contributed by atoms with Gasteiger partial charge < -0.3 is 5.32 Å². The van der Waals surface area contributed by atoms with Crippen molar-refractivity contribution in [2.45, 2.75) is 39.5 Å². The molecular formula is C24H24FN3O2. The fraction of sp³-hybridized carbons (Fsp3) is 0.333. The number of aromatic nitrogens is 1. The Kier molecular flexibility index (Phi) is 5.33. The molecule has 1 N–H and O–H groups in total. The minimum Gasteiger partial charge on any atom is -0.307 e. The predicted molar refractivity (Wildman–Crippen MR) is 114 cm³/mol. The maximum absolute atomic E-state index is 13.6. The largest absolute Gasteiger partial charge is 0.307 e. The molecule has 6 heteroatoms. The molecule has 4 rings (SSSR count). The minimum absolute atomic E-state index is 0.0771. The number of anilines is 1. The smallest absolute Gasteiger partial charge is 0.255 e. The summed E-state index contributed by atoms with van der Waals surface area (Å²) in [6, 6.07) is 11.4. The molecule has 2 aliphatic rings. The molecule has 1 aromatic heterocycles. The van der Waals surface area contributed by atoms with Gasteiger partial charge in [-0.25, -0.2) is 9.37 Å². The van der Waals surface area contributed by atoms with Gasteiger partial charge in [-0.15, -0.1) is 0 Å². The molecule has 3 atom stereocenters. The number of halogens is 1. The van der Waals surface area contributed by atoms with E-state index < -0.39 is 11.8 Å². The molecule has 0 radical (unpaired) electrons. The van der Waals surface area contributed by atoms with Gasteiger partial charge in [0.15, 0.2) is 0 Å². The summed E-state index contributed by atoms with van der Waals surface area (Å²) in [5.74, 6) is -0.952. The van der Waals surface area contributed by atoms with Crippen LogP contribution in [0.1, 0.15) is 43.9 Å². The number of amides is 1. The van der Waals surface area contributed by atoms with Crippen molar-refractivity contribution >= 4 is 23.2 Å². The Morgan fingerprint density at radius 3 is 2.50 bits per heavy atom. The van der Waals surface area contributed by atoms with Crippen LogP contribution in [-0.2, 0) is 9.59 Å². The van der Waals surface area contributed by atoms with Crippen LogP contribution in [0.25, 0.3) is 0 Å². The second kappa shape index (κ2) is 7.94. The fourth-order valence-electron chi connectivity index (χ4n) is 4.50. The number of carbonyl (C=O) groups is 2. The van der Waals surface area contributed by atoms with Crippen LogP contribution in [0.4, 0.5) is 10.2 Å². The molecule has 1 aromatic carbocycles. The van der Waals surface area contributed by atoms with Crippen molar-refractivity contribution in [3.63, 3.8) is 0 Å². The number of nitrogens with one attached hydrogen (secondary N) is 1. The molecule has 0 spiro atoms. The quantitative estimate of drug-likeness (QED) is 0.812. The summed E-state index contributed by atoms with van der Waals surface area (Å²) in [6.45, 7) is 5.68. The van der Waals surface area contributed by atoms with Crippen molar-refractivity contribution in [2.24, 2.45) is 16.8 Å². The summed E-state index contributed by atoms with van der Waals surface area (Å²) in [6.07, 6.45) is 1.18. The summed E-state index contributed by atoms with van der Waals surface area (Å²) < 4.78 is 13.6. The molecule has 154 valence electrons. The Bertz CT molecular complexity index is 1070. The number of hydrogen-bond acceptors (Lipinski definition) is 4. The molecule has 1 saturated carbocycles. The molecule has 2 aromatic rings. The Balaban J connectivity index is 1.79. The van der Waals surface area contributed by atoms with Crippen molar-refractivity contribution in [1.82, 2.24) is 4.98 Å². The van der Waals surface area contributed by atoms with Crippen LogP contribution in [0.5, 0.6) is 0 Å². The molecule has 5 nitrogen and oxygen atoms in total. The molecule has 1 aliphatic heterocycles. The number of aryl methyl sites for hydroxylation is 1. The van der Waals surface area contributed by atoms with Gasteiger partial charge in [0.1, 0.15) is 17.4 Å². The van der Waals surface area contributed by atoms with Crippen molar-refractivity contribution in [3.05, 3.63) is 70.8 Å². The van der Waals surface area contributed by atoms with Gasteiger partial charge in [0.05, 0.1) is 5.92 Å². The molecule has 0 bridgehead atoms. The molecule has 30 heavy (non-hydrogen) atoms. The van der Waals surface area contributed by atoms with Gasteiger partial charge in [0, 0.05) is 35.0 Å². The summed E-state index contributed by atoms with van der Waals surface area (Å²) in [4.78, 5) is 35.4. The lowest BCUT2D eigenvalue weighted by molar-refractivity contribution is -0.123. The van der Waals surface area contributed by atoms with E-state index in [0.717, 1.165) is 23.4 Å². The van der Waals surface area contributed by atoms with E-state index in [0.29, 0.717) is 23.5 Å². The number of Topliss-reactive ketones (excluding diaryl/α,β-unsaturated/α-hetero) is 1. The van der Waals surface area contributed by atoms with Crippen LogP contribution in [-0.4, -0.2) is 22.4 Å². The first kappa shape index (κ1) is 20.1. The Labute approximate surface area is 175 Å². The van der Waals surface area contributed by atoms with Crippen molar-refractivity contribution in [2.75, 3.05) is 5.32 Å². The zero-order valence-electron chi connectivity index (χ0n) is 17.3. The highest BCUT2D eigenvalue weighted by Gasteiger charge is 2.44. The summed E-state index contributed by atoms with van der Waals surface area (Å²) in [5, 5.41) is 2.85.